The molecular weight excluding hydrogens is 226 g/mol. The topological polar surface area (TPSA) is 47.8 Å². The number of carbonyl (C=O) groups is 1. The molecule has 0 atom stereocenters. The van der Waals surface area contributed by atoms with Crippen LogP contribution in [0, 0.1) is 0 Å². The van der Waals surface area contributed by atoms with E-state index in [2.05, 4.69) is 9.97 Å². The first-order chi connectivity index (χ1) is 8.75. The van der Waals surface area contributed by atoms with Crippen molar-refractivity contribution in [3.8, 4) is 0 Å². The Morgan fingerprint density at radius 3 is 2.78 bits per heavy atom. The summed E-state index contributed by atoms with van der Waals surface area (Å²) in [5, 5.41) is 0. The summed E-state index contributed by atoms with van der Waals surface area (Å²) in [6, 6.07) is 3.90. The van der Waals surface area contributed by atoms with Crippen molar-refractivity contribution in [2.24, 2.45) is 7.05 Å². The van der Waals surface area contributed by atoms with Crippen molar-refractivity contribution in [2.75, 3.05) is 0 Å². The maximum atomic E-state index is 11.8. The molecule has 2 rings (SSSR count). The Bertz CT molecular complexity index is 505. The Hall–Kier alpha value is -1.97. The molecule has 4 nitrogen and oxygen atoms in total. The molecule has 2 aromatic heterocycles. The van der Waals surface area contributed by atoms with E-state index >= 15 is 0 Å². The van der Waals surface area contributed by atoms with E-state index in [-0.39, 0.29) is 5.78 Å². The van der Waals surface area contributed by atoms with Crippen LogP contribution in [0.5, 0.6) is 0 Å². The molecule has 2 heterocycles. The molecule has 0 N–H and O–H groups in total. The first kappa shape index (κ1) is 12.5. The Labute approximate surface area is 107 Å². The first-order valence-corrected chi connectivity index (χ1v) is 6.12. The molecule has 0 aromatic carbocycles. The number of ketones is 1. The van der Waals surface area contributed by atoms with Crippen molar-refractivity contribution in [2.45, 2.75) is 25.7 Å². The smallest absolute Gasteiger partial charge is 0.133 e. The minimum Gasteiger partial charge on any atom is -0.338 e. The maximum absolute atomic E-state index is 11.8. The van der Waals surface area contributed by atoms with E-state index in [0.717, 1.165) is 24.2 Å². The van der Waals surface area contributed by atoms with E-state index in [1.54, 1.807) is 12.4 Å². The highest BCUT2D eigenvalue weighted by Gasteiger charge is 2.06. The number of hydrogen-bond donors (Lipinski definition) is 0. The van der Waals surface area contributed by atoms with Crippen LogP contribution in [-0.2, 0) is 24.7 Å². The average Bonchev–Trinajstić information content (AvgIpc) is 2.81. The second-order valence-corrected chi connectivity index (χ2v) is 4.35. The lowest BCUT2D eigenvalue weighted by atomic mass is 10.1. The second kappa shape index (κ2) is 6.10. The summed E-state index contributed by atoms with van der Waals surface area (Å²) < 4.78 is 1.95. The molecule has 2 aromatic rings. The molecular formula is C14H17N3O. The quantitative estimate of drug-likeness (QED) is 0.779. The van der Waals surface area contributed by atoms with Gasteiger partial charge < -0.3 is 4.57 Å². The lowest BCUT2D eigenvalue weighted by Gasteiger charge is -2.02. The summed E-state index contributed by atoms with van der Waals surface area (Å²) in [5.74, 6) is 1.24. The number of carbonyl (C=O) groups excluding carboxylic acids is 1. The molecule has 0 spiro atoms. The molecule has 0 unspecified atom stereocenters. The molecule has 0 radical (unpaired) electrons. The fourth-order valence-corrected chi connectivity index (χ4v) is 1.84. The van der Waals surface area contributed by atoms with Crippen molar-refractivity contribution >= 4 is 5.78 Å². The van der Waals surface area contributed by atoms with E-state index in [9.17, 15) is 4.79 Å². The van der Waals surface area contributed by atoms with Gasteiger partial charge in [-0.1, -0.05) is 6.07 Å². The van der Waals surface area contributed by atoms with Gasteiger partial charge in [0.05, 0.1) is 0 Å². The van der Waals surface area contributed by atoms with Gasteiger partial charge in [-0.2, -0.15) is 0 Å². The zero-order valence-corrected chi connectivity index (χ0v) is 10.5. The fraction of sp³-hybridized carbons (Fsp3) is 0.357. The van der Waals surface area contributed by atoms with Crippen LogP contribution in [-0.4, -0.2) is 20.3 Å². The van der Waals surface area contributed by atoms with Gasteiger partial charge >= 0.3 is 0 Å². The van der Waals surface area contributed by atoms with Gasteiger partial charge in [0.15, 0.2) is 0 Å². The Morgan fingerprint density at radius 1 is 1.28 bits per heavy atom. The normalized spacial score (nSPS) is 10.5. The van der Waals surface area contributed by atoms with Crippen molar-refractivity contribution in [3.05, 3.63) is 48.3 Å². The van der Waals surface area contributed by atoms with E-state index < -0.39 is 0 Å². The van der Waals surface area contributed by atoms with Gasteiger partial charge in [0.2, 0.25) is 0 Å². The number of aromatic nitrogens is 3. The molecule has 4 heteroatoms. The van der Waals surface area contributed by atoms with Crippen molar-refractivity contribution < 1.29 is 4.79 Å². The summed E-state index contributed by atoms with van der Waals surface area (Å²) in [7, 11) is 1.95. The zero-order chi connectivity index (χ0) is 12.8. The lowest BCUT2D eigenvalue weighted by molar-refractivity contribution is -0.119. The molecule has 0 aliphatic heterocycles. The van der Waals surface area contributed by atoms with E-state index in [0.29, 0.717) is 12.8 Å². The number of Topliss-reactive ketones (excluding diaryl/α,β-unsaturated/α-hetero) is 1. The van der Waals surface area contributed by atoms with Gasteiger partial charge in [-0.3, -0.25) is 9.78 Å². The van der Waals surface area contributed by atoms with Crippen LogP contribution < -0.4 is 0 Å². The standard InChI is InChI=1S/C14H17N3O/c1-17-10-9-16-14(17)7-6-13(18)5-4-12-3-2-8-15-11-12/h2-3,8-11H,4-7H2,1H3. The number of hydrogen-bond acceptors (Lipinski definition) is 3. The van der Waals surface area contributed by atoms with Gasteiger partial charge in [-0.15, -0.1) is 0 Å². The van der Waals surface area contributed by atoms with Crippen LogP contribution in [0.15, 0.2) is 36.9 Å². The Balaban J connectivity index is 1.75. The highest BCUT2D eigenvalue weighted by atomic mass is 16.1. The van der Waals surface area contributed by atoms with Crippen LogP contribution in [0.25, 0.3) is 0 Å². The molecule has 0 fully saturated rings. The van der Waals surface area contributed by atoms with Crippen molar-refractivity contribution in [1.82, 2.24) is 14.5 Å². The third-order valence-electron chi connectivity index (χ3n) is 2.96. The molecule has 0 aliphatic rings. The van der Waals surface area contributed by atoms with Crippen LogP contribution in [0.3, 0.4) is 0 Å². The summed E-state index contributed by atoms with van der Waals surface area (Å²) in [6.45, 7) is 0. The third-order valence-corrected chi connectivity index (χ3v) is 2.96. The van der Waals surface area contributed by atoms with E-state index in [1.807, 2.05) is 36.1 Å². The molecule has 0 saturated heterocycles. The zero-order valence-electron chi connectivity index (χ0n) is 10.5. The van der Waals surface area contributed by atoms with Gasteiger partial charge in [0.25, 0.3) is 0 Å². The summed E-state index contributed by atoms with van der Waals surface area (Å²) in [5.41, 5.74) is 1.11. The number of pyridine rings is 1. The van der Waals surface area contributed by atoms with Gasteiger partial charge in [0, 0.05) is 51.1 Å². The number of aryl methyl sites for hydroxylation is 3. The van der Waals surface area contributed by atoms with Crippen LogP contribution in [0.1, 0.15) is 24.2 Å². The molecule has 0 aliphatic carbocycles. The van der Waals surface area contributed by atoms with Gasteiger partial charge in [-0.05, 0) is 18.1 Å². The average molecular weight is 243 g/mol. The lowest BCUT2D eigenvalue weighted by Crippen LogP contribution is -2.05. The monoisotopic (exact) mass is 243 g/mol. The second-order valence-electron chi connectivity index (χ2n) is 4.35. The number of imidazole rings is 1. The largest absolute Gasteiger partial charge is 0.338 e. The van der Waals surface area contributed by atoms with Crippen LogP contribution in [0.2, 0.25) is 0 Å². The Morgan fingerprint density at radius 2 is 2.11 bits per heavy atom. The molecule has 18 heavy (non-hydrogen) atoms. The SMILES string of the molecule is Cn1ccnc1CCC(=O)CCc1cccnc1. The highest BCUT2D eigenvalue weighted by Crippen LogP contribution is 2.05. The van der Waals surface area contributed by atoms with Crippen molar-refractivity contribution in [3.63, 3.8) is 0 Å². The minimum atomic E-state index is 0.279. The van der Waals surface area contributed by atoms with Gasteiger partial charge in [0.1, 0.15) is 11.6 Å². The van der Waals surface area contributed by atoms with Crippen LogP contribution in [0.4, 0.5) is 0 Å². The number of nitrogens with zero attached hydrogens (tertiary/aromatic N) is 3. The summed E-state index contributed by atoms with van der Waals surface area (Å²) in [4.78, 5) is 20.0. The highest BCUT2D eigenvalue weighted by molar-refractivity contribution is 5.78. The van der Waals surface area contributed by atoms with Crippen molar-refractivity contribution in [1.29, 1.82) is 0 Å². The number of rotatable bonds is 6. The predicted octanol–water partition coefficient (Wildman–Crippen LogP) is 1.95. The minimum absolute atomic E-state index is 0.279. The third kappa shape index (κ3) is 3.52. The van der Waals surface area contributed by atoms with Gasteiger partial charge in [-0.25, -0.2) is 4.98 Å². The Kier molecular flexibility index (Phi) is 4.23. The fourth-order valence-electron chi connectivity index (χ4n) is 1.84. The molecule has 0 bridgehead atoms. The summed E-state index contributed by atoms with van der Waals surface area (Å²) in [6.07, 6.45) is 9.84. The maximum Gasteiger partial charge on any atom is 0.133 e. The van der Waals surface area contributed by atoms with Crippen LogP contribution >= 0.6 is 0 Å². The summed E-state index contributed by atoms with van der Waals surface area (Å²) >= 11 is 0. The predicted molar refractivity (Wildman–Crippen MR) is 69.1 cm³/mol. The first-order valence-electron chi connectivity index (χ1n) is 6.12. The molecule has 0 amide bonds. The van der Waals surface area contributed by atoms with E-state index in [4.69, 9.17) is 0 Å². The van der Waals surface area contributed by atoms with E-state index in [1.165, 1.54) is 0 Å². The molecule has 94 valence electrons. The molecule has 0 saturated carbocycles.